The van der Waals surface area contributed by atoms with Crippen molar-refractivity contribution < 1.29 is 19.8 Å². The van der Waals surface area contributed by atoms with Crippen LogP contribution in [0.3, 0.4) is 0 Å². The zero-order valence-electron chi connectivity index (χ0n) is 10.8. The van der Waals surface area contributed by atoms with Gasteiger partial charge in [-0.15, -0.1) is 0 Å². The van der Waals surface area contributed by atoms with E-state index in [1.807, 2.05) is 0 Å². The van der Waals surface area contributed by atoms with Crippen LogP contribution in [0.15, 0.2) is 0 Å². The molecule has 1 saturated carbocycles. The minimum absolute atomic E-state index is 0.290. The predicted molar refractivity (Wildman–Crippen MR) is 65.6 cm³/mol. The van der Waals surface area contributed by atoms with Crippen LogP contribution in [-0.4, -0.2) is 33.9 Å². The number of amides is 2. The molecule has 3 atom stereocenters. The third-order valence-electron chi connectivity index (χ3n) is 3.67. The molecule has 2 amide bonds. The molecule has 0 spiro atoms. The summed E-state index contributed by atoms with van der Waals surface area (Å²) in [4.78, 5) is 22.3. The van der Waals surface area contributed by atoms with Gasteiger partial charge in [-0.25, -0.2) is 4.79 Å². The molecule has 0 aromatic carbocycles. The smallest absolute Gasteiger partial charge is 0.404 e. The van der Waals surface area contributed by atoms with E-state index in [2.05, 4.69) is 5.32 Å². The van der Waals surface area contributed by atoms with Gasteiger partial charge in [0.05, 0.1) is 0 Å². The van der Waals surface area contributed by atoms with Crippen molar-refractivity contribution >= 4 is 12.0 Å². The summed E-state index contributed by atoms with van der Waals surface area (Å²) in [7, 11) is 0. The first-order valence-corrected chi connectivity index (χ1v) is 6.11. The summed E-state index contributed by atoms with van der Waals surface area (Å²) in [6.45, 7) is 3.55. The highest BCUT2D eigenvalue weighted by Gasteiger charge is 2.48. The van der Waals surface area contributed by atoms with Gasteiger partial charge >= 0.3 is 6.09 Å². The van der Waals surface area contributed by atoms with Crippen LogP contribution in [0.5, 0.6) is 0 Å². The van der Waals surface area contributed by atoms with Crippen molar-refractivity contribution in [1.82, 2.24) is 5.32 Å². The highest BCUT2D eigenvalue weighted by Crippen LogP contribution is 2.38. The fraction of sp³-hybridized carbons (Fsp3) is 0.750. The second kappa shape index (κ2) is 5.56. The molecular formula is C12H21N2O4. The molecule has 18 heavy (non-hydrogen) atoms. The maximum atomic E-state index is 11.5. The molecule has 1 aliphatic rings. The monoisotopic (exact) mass is 257 g/mol. The molecular weight excluding hydrogens is 236 g/mol. The summed E-state index contributed by atoms with van der Waals surface area (Å²) >= 11 is 0. The van der Waals surface area contributed by atoms with Crippen LogP contribution in [0.2, 0.25) is 0 Å². The second-order valence-corrected chi connectivity index (χ2v) is 5.15. The quantitative estimate of drug-likeness (QED) is 0.592. The number of hydrogen-bond acceptors (Lipinski definition) is 3. The van der Waals surface area contributed by atoms with Gasteiger partial charge in [-0.3, -0.25) is 4.79 Å². The highest BCUT2D eigenvalue weighted by atomic mass is 16.4. The van der Waals surface area contributed by atoms with Crippen LogP contribution in [0.1, 0.15) is 39.5 Å². The van der Waals surface area contributed by atoms with Crippen LogP contribution in [0, 0.1) is 11.8 Å². The first-order valence-electron chi connectivity index (χ1n) is 6.11. The molecule has 0 aromatic rings. The number of carboxylic acid groups (broad SMARTS) is 1. The van der Waals surface area contributed by atoms with E-state index < -0.39 is 29.6 Å². The number of rotatable bonds is 4. The zero-order valence-corrected chi connectivity index (χ0v) is 10.8. The van der Waals surface area contributed by atoms with E-state index in [4.69, 9.17) is 10.8 Å². The molecule has 1 aliphatic carbocycles. The largest absolute Gasteiger partial charge is 0.465 e. The number of carbonyl (C=O) groups is 2. The molecule has 0 aromatic heterocycles. The van der Waals surface area contributed by atoms with Crippen molar-refractivity contribution in [3.05, 3.63) is 5.92 Å². The SMILES string of the molecule is C[C](C)C(NC(=O)O)C1CCCCC1(O)C(N)=O. The van der Waals surface area contributed by atoms with Gasteiger partial charge in [0.25, 0.3) is 0 Å². The topological polar surface area (TPSA) is 113 Å². The standard InChI is InChI=1S/C12H21N2O4/c1-7(2)9(14-11(16)17)8-5-3-4-6-12(8,18)10(13)15/h8-9,14,18H,3-6H2,1-2H3,(H2,13,15)(H,16,17). The summed E-state index contributed by atoms with van der Waals surface area (Å²) in [5.74, 6) is -0.459. The maximum absolute atomic E-state index is 11.5. The number of hydrogen-bond donors (Lipinski definition) is 4. The van der Waals surface area contributed by atoms with Crippen molar-refractivity contribution in [3.8, 4) is 0 Å². The van der Waals surface area contributed by atoms with Crippen molar-refractivity contribution in [2.24, 2.45) is 11.7 Å². The second-order valence-electron chi connectivity index (χ2n) is 5.15. The van der Waals surface area contributed by atoms with E-state index in [1.54, 1.807) is 13.8 Å². The lowest BCUT2D eigenvalue weighted by atomic mass is 9.69. The normalized spacial score (nSPS) is 29.9. The van der Waals surface area contributed by atoms with Crippen LogP contribution >= 0.6 is 0 Å². The molecule has 1 radical (unpaired) electrons. The van der Waals surface area contributed by atoms with E-state index in [9.17, 15) is 14.7 Å². The Bertz CT molecular complexity index is 332. The molecule has 1 fully saturated rings. The molecule has 6 nitrogen and oxygen atoms in total. The Morgan fingerprint density at radius 1 is 1.39 bits per heavy atom. The average Bonchev–Trinajstić information content (AvgIpc) is 2.26. The lowest BCUT2D eigenvalue weighted by molar-refractivity contribution is -0.148. The van der Waals surface area contributed by atoms with Crippen LogP contribution < -0.4 is 11.1 Å². The van der Waals surface area contributed by atoms with E-state index in [0.717, 1.165) is 18.8 Å². The molecule has 0 heterocycles. The molecule has 3 unspecified atom stereocenters. The Kier molecular flexibility index (Phi) is 4.56. The van der Waals surface area contributed by atoms with Crippen molar-refractivity contribution in [1.29, 1.82) is 0 Å². The summed E-state index contributed by atoms with van der Waals surface area (Å²) in [6, 6.07) is -0.555. The van der Waals surface area contributed by atoms with E-state index in [0.29, 0.717) is 6.42 Å². The van der Waals surface area contributed by atoms with Gasteiger partial charge in [0, 0.05) is 12.0 Å². The first kappa shape index (κ1) is 14.8. The molecule has 6 heteroatoms. The lowest BCUT2D eigenvalue weighted by Crippen LogP contribution is -2.59. The number of aliphatic hydroxyl groups is 1. The van der Waals surface area contributed by atoms with Gasteiger partial charge < -0.3 is 21.3 Å². The fourth-order valence-corrected chi connectivity index (χ4v) is 2.71. The molecule has 5 N–H and O–H groups in total. The van der Waals surface area contributed by atoms with Gasteiger partial charge in [-0.05, 0) is 18.8 Å². The first-order chi connectivity index (χ1) is 8.29. The predicted octanol–water partition coefficient (Wildman–Crippen LogP) is 0.643. The Labute approximate surface area is 107 Å². The number of primary amides is 1. The number of carbonyl (C=O) groups excluding carboxylic acids is 1. The van der Waals surface area contributed by atoms with E-state index in [1.165, 1.54) is 0 Å². The van der Waals surface area contributed by atoms with E-state index >= 15 is 0 Å². The molecule has 0 saturated heterocycles. The van der Waals surface area contributed by atoms with Crippen molar-refractivity contribution in [2.45, 2.75) is 51.2 Å². The van der Waals surface area contributed by atoms with Crippen molar-refractivity contribution in [3.63, 3.8) is 0 Å². The summed E-state index contributed by atoms with van der Waals surface area (Å²) in [5.41, 5.74) is 3.66. The highest BCUT2D eigenvalue weighted by molar-refractivity contribution is 5.84. The van der Waals surface area contributed by atoms with Crippen molar-refractivity contribution in [2.75, 3.05) is 0 Å². The zero-order chi connectivity index (χ0) is 13.9. The summed E-state index contributed by atoms with van der Waals surface area (Å²) < 4.78 is 0. The molecule has 0 bridgehead atoms. The minimum atomic E-state index is -1.62. The fourth-order valence-electron chi connectivity index (χ4n) is 2.71. The van der Waals surface area contributed by atoms with E-state index in [-0.39, 0.29) is 6.42 Å². The minimum Gasteiger partial charge on any atom is -0.465 e. The summed E-state index contributed by atoms with van der Waals surface area (Å²) in [5, 5.41) is 21.6. The Morgan fingerprint density at radius 3 is 2.44 bits per heavy atom. The average molecular weight is 257 g/mol. The Balaban J connectivity index is 2.99. The molecule has 103 valence electrons. The molecule has 1 rings (SSSR count). The lowest BCUT2D eigenvalue weighted by Gasteiger charge is -2.42. The van der Waals surface area contributed by atoms with Gasteiger partial charge in [-0.1, -0.05) is 26.7 Å². The Hall–Kier alpha value is -1.30. The van der Waals surface area contributed by atoms with Gasteiger partial charge in [0.2, 0.25) is 5.91 Å². The third-order valence-corrected chi connectivity index (χ3v) is 3.67. The van der Waals surface area contributed by atoms with Gasteiger partial charge in [-0.2, -0.15) is 0 Å². The number of nitrogens with one attached hydrogen (secondary N) is 1. The Morgan fingerprint density at radius 2 is 2.00 bits per heavy atom. The third kappa shape index (κ3) is 2.93. The van der Waals surface area contributed by atoms with Crippen LogP contribution in [0.4, 0.5) is 4.79 Å². The summed E-state index contributed by atoms with van der Waals surface area (Å²) in [6.07, 6.45) is 1.27. The van der Waals surface area contributed by atoms with Crippen LogP contribution in [-0.2, 0) is 4.79 Å². The molecule has 0 aliphatic heterocycles. The van der Waals surface area contributed by atoms with Gasteiger partial charge in [0.1, 0.15) is 5.60 Å². The number of nitrogens with two attached hydrogens (primary N) is 1. The maximum Gasteiger partial charge on any atom is 0.404 e. The van der Waals surface area contributed by atoms with Gasteiger partial charge in [0.15, 0.2) is 0 Å². The van der Waals surface area contributed by atoms with Crippen LogP contribution in [0.25, 0.3) is 0 Å².